The third kappa shape index (κ3) is 5.15. The molecule has 2 N–H and O–H groups in total. The van der Waals surface area contributed by atoms with Gasteiger partial charge in [-0.15, -0.1) is 0 Å². The van der Waals surface area contributed by atoms with E-state index in [1.165, 1.54) is 12.1 Å². The summed E-state index contributed by atoms with van der Waals surface area (Å²) >= 11 is 5.78. The van der Waals surface area contributed by atoms with Gasteiger partial charge in [0, 0.05) is 42.4 Å². The smallest absolute Gasteiger partial charge is 0.226 e. The van der Waals surface area contributed by atoms with Gasteiger partial charge in [-0.1, -0.05) is 12.1 Å². The van der Waals surface area contributed by atoms with E-state index in [4.69, 9.17) is 12.2 Å². The summed E-state index contributed by atoms with van der Waals surface area (Å²) in [5.74, 6) is 0.331. The number of halogens is 1. The second kappa shape index (κ2) is 10.7. The summed E-state index contributed by atoms with van der Waals surface area (Å²) < 4.78 is 15.4. The molecule has 0 radical (unpaired) electrons. The van der Waals surface area contributed by atoms with Crippen molar-refractivity contribution in [2.45, 2.75) is 39.3 Å². The molecule has 194 valence electrons. The molecule has 0 unspecified atom stereocenters. The number of hydrogen-bond donors (Lipinski definition) is 2. The summed E-state index contributed by atoms with van der Waals surface area (Å²) in [6, 6.07) is 17.4. The lowest BCUT2D eigenvalue weighted by molar-refractivity contribution is -0.116. The van der Waals surface area contributed by atoms with Crippen molar-refractivity contribution in [2.24, 2.45) is 0 Å². The number of pyridine rings is 2. The molecule has 0 bridgehead atoms. The molecule has 5 rings (SSSR count). The summed E-state index contributed by atoms with van der Waals surface area (Å²) in [5.41, 5.74) is 5.72. The molecule has 7 nitrogen and oxygen atoms in total. The number of rotatable bonds is 7. The van der Waals surface area contributed by atoms with Crippen LogP contribution >= 0.6 is 12.2 Å². The number of nitrogens with zero attached hydrogens (tertiary/aromatic N) is 4. The van der Waals surface area contributed by atoms with Gasteiger partial charge in [-0.05, 0) is 92.6 Å². The molecule has 4 heterocycles. The summed E-state index contributed by atoms with van der Waals surface area (Å²) in [6.07, 6.45) is 3.85. The predicted octanol–water partition coefficient (Wildman–Crippen LogP) is 5.33. The van der Waals surface area contributed by atoms with Crippen LogP contribution in [0.4, 0.5) is 10.1 Å². The number of anilines is 1. The maximum Gasteiger partial charge on any atom is 0.226 e. The third-order valence-corrected chi connectivity index (χ3v) is 7.17. The number of carbonyl (C=O) groups is 1. The fraction of sp³-hybridized carbons (Fsp3) is 0.241. The quantitative estimate of drug-likeness (QED) is 0.316. The van der Waals surface area contributed by atoms with Crippen molar-refractivity contribution in [3.05, 3.63) is 107 Å². The van der Waals surface area contributed by atoms with Crippen LogP contribution in [0.1, 0.15) is 46.7 Å². The zero-order valence-corrected chi connectivity index (χ0v) is 22.3. The summed E-state index contributed by atoms with van der Waals surface area (Å²) in [4.78, 5) is 24.1. The van der Waals surface area contributed by atoms with E-state index in [0.29, 0.717) is 17.3 Å². The van der Waals surface area contributed by atoms with Crippen LogP contribution in [-0.4, -0.2) is 37.0 Å². The van der Waals surface area contributed by atoms with Crippen LogP contribution < -0.4 is 10.6 Å². The van der Waals surface area contributed by atoms with E-state index >= 15 is 0 Å². The summed E-state index contributed by atoms with van der Waals surface area (Å²) in [6.45, 7) is 6.57. The maximum atomic E-state index is 13.2. The number of amides is 1. The van der Waals surface area contributed by atoms with Crippen LogP contribution in [0.2, 0.25) is 0 Å². The van der Waals surface area contributed by atoms with Crippen LogP contribution in [0.3, 0.4) is 0 Å². The number of carbonyl (C=O) groups excluding carboxylic acids is 1. The highest BCUT2D eigenvalue weighted by molar-refractivity contribution is 7.80. The Morgan fingerprint density at radius 1 is 1.08 bits per heavy atom. The minimum absolute atomic E-state index is 0.172. The molecule has 1 amide bonds. The Morgan fingerprint density at radius 3 is 2.55 bits per heavy atom. The summed E-state index contributed by atoms with van der Waals surface area (Å²) in [5, 5.41) is 6.85. The molecule has 0 spiro atoms. The van der Waals surface area contributed by atoms with Crippen LogP contribution in [0.25, 0.3) is 5.82 Å². The molecule has 1 fully saturated rings. The number of nitrogens with one attached hydrogen (secondary N) is 2. The largest absolute Gasteiger partial charge is 0.352 e. The lowest BCUT2D eigenvalue weighted by atomic mass is 9.96. The van der Waals surface area contributed by atoms with Crippen molar-refractivity contribution in [1.82, 2.24) is 24.8 Å². The molecule has 3 aromatic heterocycles. The van der Waals surface area contributed by atoms with Crippen LogP contribution in [0, 0.1) is 26.6 Å². The molecular weight excluding hydrogens is 499 g/mol. The Morgan fingerprint density at radius 2 is 1.87 bits per heavy atom. The molecule has 1 aromatic carbocycles. The normalized spacial score (nSPS) is 16.9. The molecule has 1 aliphatic heterocycles. The van der Waals surface area contributed by atoms with Crippen LogP contribution in [0.5, 0.6) is 0 Å². The molecular formula is C29H29FN6OS. The Bertz CT molecular complexity index is 1450. The Labute approximate surface area is 226 Å². The Hall–Kier alpha value is -4.11. The lowest BCUT2D eigenvalue weighted by Gasteiger charge is -2.28. The third-order valence-electron chi connectivity index (χ3n) is 6.82. The van der Waals surface area contributed by atoms with Crippen molar-refractivity contribution < 1.29 is 9.18 Å². The fourth-order valence-corrected chi connectivity index (χ4v) is 5.33. The molecule has 9 heteroatoms. The highest BCUT2D eigenvalue weighted by atomic mass is 32.1. The number of benzene rings is 1. The van der Waals surface area contributed by atoms with Crippen molar-refractivity contribution >= 4 is 28.9 Å². The minimum Gasteiger partial charge on any atom is -0.352 e. The molecule has 1 saturated heterocycles. The van der Waals surface area contributed by atoms with Crippen LogP contribution in [0.15, 0.2) is 73.1 Å². The van der Waals surface area contributed by atoms with E-state index in [0.717, 1.165) is 34.0 Å². The number of thiocarbonyl (C=S) groups is 1. The van der Waals surface area contributed by atoms with Gasteiger partial charge in [0.15, 0.2) is 5.11 Å². The SMILES string of the molecule is Cc1ccc(-n2c(C)cc([C@H]3[C@H](c4ccccn4)NC(=S)N3CCC(=O)Nc3ccc(F)cc3)c2C)nc1. The first-order valence-corrected chi connectivity index (χ1v) is 12.9. The van der Waals surface area contributed by atoms with Crippen molar-refractivity contribution in [1.29, 1.82) is 0 Å². The minimum atomic E-state index is -0.349. The first-order valence-electron chi connectivity index (χ1n) is 12.5. The molecule has 4 aromatic rings. The van der Waals surface area contributed by atoms with E-state index in [1.807, 2.05) is 37.4 Å². The van der Waals surface area contributed by atoms with Gasteiger partial charge in [0.25, 0.3) is 0 Å². The van der Waals surface area contributed by atoms with E-state index in [2.05, 4.69) is 56.0 Å². The monoisotopic (exact) mass is 528 g/mol. The zero-order valence-electron chi connectivity index (χ0n) is 21.5. The van der Waals surface area contributed by atoms with Crippen LogP contribution in [-0.2, 0) is 4.79 Å². The van der Waals surface area contributed by atoms with E-state index in [9.17, 15) is 9.18 Å². The highest BCUT2D eigenvalue weighted by Crippen LogP contribution is 2.41. The topological polar surface area (TPSA) is 75.1 Å². The van der Waals surface area contributed by atoms with Gasteiger partial charge < -0.3 is 20.1 Å². The summed E-state index contributed by atoms with van der Waals surface area (Å²) in [7, 11) is 0. The number of aryl methyl sites for hydroxylation is 2. The van der Waals surface area contributed by atoms with Gasteiger partial charge in [0.1, 0.15) is 11.6 Å². The van der Waals surface area contributed by atoms with E-state index < -0.39 is 0 Å². The van der Waals surface area contributed by atoms with Crippen molar-refractivity contribution in [2.75, 3.05) is 11.9 Å². The van der Waals surface area contributed by atoms with Crippen molar-refractivity contribution in [3.8, 4) is 5.82 Å². The first-order chi connectivity index (χ1) is 18.3. The highest BCUT2D eigenvalue weighted by Gasteiger charge is 2.41. The average molecular weight is 529 g/mol. The molecule has 0 aliphatic carbocycles. The fourth-order valence-electron chi connectivity index (χ4n) is 5.00. The van der Waals surface area contributed by atoms with Gasteiger partial charge in [-0.25, -0.2) is 9.37 Å². The van der Waals surface area contributed by atoms with Gasteiger partial charge in [0.2, 0.25) is 5.91 Å². The second-order valence-electron chi connectivity index (χ2n) is 9.48. The second-order valence-corrected chi connectivity index (χ2v) is 9.87. The molecule has 1 aliphatic rings. The molecule has 0 saturated carbocycles. The standard InChI is InChI=1S/C29H29FN6OS/c1-18-7-12-25(32-17-18)36-19(2)16-23(20(36)3)28-27(24-6-4-5-14-31-24)34-29(38)35(28)15-13-26(37)33-22-10-8-21(30)9-11-22/h4-12,14,16-17,27-28H,13,15H2,1-3H3,(H,33,37)(H,34,38)/t27-,28-/m0/s1. The lowest BCUT2D eigenvalue weighted by Crippen LogP contribution is -2.32. The van der Waals surface area contributed by atoms with E-state index in [-0.39, 0.29) is 30.2 Å². The average Bonchev–Trinajstić information content (AvgIpc) is 3.39. The Balaban J connectivity index is 1.46. The van der Waals surface area contributed by atoms with Gasteiger partial charge in [-0.3, -0.25) is 9.78 Å². The Kier molecular flexibility index (Phi) is 7.20. The molecule has 38 heavy (non-hydrogen) atoms. The molecule has 2 atom stereocenters. The maximum absolute atomic E-state index is 13.2. The van der Waals surface area contributed by atoms with Gasteiger partial charge in [-0.2, -0.15) is 0 Å². The number of hydrogen-bond acceptors (Lipinski definition) is 4. The number of aromatic nitrogens is 3. The van der Waals surface area contributed by atoms with E-state index in [1.54, 1.807) is 18.3 Å². The zero-order chi connectivity index (χ0) is 26.8. The van der Waals surface area contributed by atoms with Gasteiger partial charge >= 0.3 is 0 Å². The predicted molar refractivity (Wildman–Crippen MR) is 150 cm³/mol. The van der Waals surface area contributed by atoms with Crippen molar-refractivity contribution in [3.63, 3.8) is 0 Å². The first kappa shape index (κ1) is 25.5. The van der Waals surface area contributed by atoms with Gasteiger partial charge in [0.05, 0.1) is 17.8 Å².